The van der Waals surface area contributed by atoms with Gasteiger partial charge in [-0.3, -0.25) is 0 Å². The fourth-order valence-electron chi connectivity index (χ4n) is 1.73. The maximum Gasteiger partial charge on any atom is 0.123 e. The van der Waals surface area contributed by atoms with Crippen LogP contribution in [0.1, 0.15) is 24.8 Å². The third-order valence-electron chi connectivity index (χ3n) is 2.94. The average Bonchev–Trinajstić information content (AvgIpc) is 2.14. The van der Waals surface area contributed by atoms with Crippen molar-refractivity contribution in [3.63, 3.8) is 0 Å². The van der Waals surface area contributed by atoms with Crippen LogP contribution in [0.4, 0.5) is 4.39 Å². The second kappa shape index (κ2) is 3.21. The maximum absolute atomic E-state index is 12.7. The van der Waals surface area contributed by atoms with Crippen LogP contribution in [0.25, 0.3) is 5.57 Å². The predicted octanol–water partition coefficient (Wildman–Crippen LogP) is 2.75. The first-order chi connectivity index (χ1) is 6.62. The minimum absolute atomic E-state index is 0.262. The van der Waals surface area contributed by atoms with Gasteiger partial charge in [-0.1, -0.05) is 18.7 Å². The van der Waals surface area contributed by atoms with Crippen molar-refractivity contribution in [2.75, 3.05) is 0 Å². The summed E-state index contributed by atoms with van der Waals surface area (Å²) < 4.78 is 12.7. The van der Waals surface area contributed by atoms with E-state index >= 15 is 0 Å². The smallest absolute Gasteiger partial charge is 0.123 e. The van der Waals surface area contributed by atoms with Gasteiger partial charge in [0.15, 0.2) is 0 Å². The fourth-order valence-corrected chi connectivity index (χ4v) is 1.73. The molecule has 0 heterocycles. The Balaban J connectivity index is 2.23. The summed E-state index contributed by atoms with van der Waals surface area (Å²) >= 11 is 0. The molecule has 0 radical (unpaired) electrons. The predicted molar refractivity (Wildman–Crippen MR) is 54.2 cm³/mol. The molecule has 0 atom stereocenters. The molecule has 0 aliphatic heterocycles. The summed E-state index contributed by atoms with van der Waals surface area (Å²) in [5.41, 5.74) is 0.801. The summed E-state index contributed by atoms with van der Waals surface area (Å²) in [7, 11) is 0. The molecule has 1 nitrogen and oxygen atoms in total. The molecule has 1 saturated carbocycles. The van der Waals surface area contributed by atoms with Crippen molar-refractivity contribution in [3.05, 3.63) is 42.2 Å². The number of rotatable bonds is 2. The van der Waals surface area contributed by atoms with Gasteiger partial charge in [-0.25, -0.2) is 4.39 Å². The van der Waals surface area contributed by atoms with Crippen molar-refractivity contribution in [1.29, 1.82) is 0 Å². The van der Waals surface area contributed by atoms with E-state index in [1.54, 1.807) is 12.1 Å². The summed E-state index contributed by atoms with van der Waals surface area (Å²) in [6.07, 6.45) is 2.57. The molecule has 0 bridgehead atoms. The van der Waals surface area contributed by atoms with E-state index in [0.29, 0.717) is 5.57 Å². The van der Waals surface area contributed by atoms with E-state index in [1.807, 2.05) is 0 Å². The monoisotopic (exact) mass is 192 g/mol. The van der Waals surface area contributed by atoms with Crippen LogP contribution in [0, 0.1) is 5.82 Å². The molecule has 0 saturated heterocycles. The number of benzene rings is 1. The van der Waals surface area contributed by atoms with Crippen molar-refractivity contribution in [1.82, 2.24) is 0 Å². The van der Waals surface area contributed by atoms with Gasteiger partial charge in [0.1, 0.15) is 5.82 Å². The SMILES string of the molecule is C=C(c1ccc(F)cc1)C1(O)CCC1. The average molecular weight is 192 g/mol. The fraction of sp³-hybridized carbons (Fsp3) is 0.333. The molecule has 0 unspecified atom stereocenters. The molecular weight excluding hydrogens is 179 g/mol. The molecule has 14 heavy (non-hydrogen) atoms. The minimum Gasteiger partial charge on any atom is -0.385 e. The van der Waals surface area contributed by atoms with Gasteiger partial charge in [0.2, 0.25) is 0 Å². The van der Waals surface area contributed by atoms with Crippen LogP contribution in [-0.2, 0) is 0 Å². The Kier molecular flexibility index (Phi) is 2.16. The molecule has 1 aromatic carbocycles. The van der Waals surface area contributed by atoms with Gasteiger partial charge in [0.25, 0.3) is 0 Å². The Morgan fingerprint density at radius 3 is 2.29 bits per heavy atom. The highest BCUT2D eigenvalue weighted by Gasteiger charge is 2.37. The Labute approximate surface area is 82.9 Å². The molecule has 2 rings (SSSR count). The van der Waals surface area contributed by atoms with Crippen molar-refractivity contribution in [3.8, 4) is 0 Å². The van der Waals surface area contributed by atoms with Crippen molar-refractivity contribution >= 4 is 5.57 Å². The molecule has 1 fully saturated rings. The van der Waals surface area contributed by atoms with Crippen LogP contribution in [0.2, 0.25) is 0 Å². The molecule has 0 aromatic heterocycles. The van der Waals surface area contributed by atoms with Gasteiger partial charge in [-0.15, -0.1) is 0 Å². The van der Waals surface area contributed by atoms with Crippen molar-refractivity contribution in [2.45, 2.75) is 24.9 Å². The van der Waals surface area contributed by atoms with E-state index in [1.165, 1.54) is 12.1 Å². The first-order valence-corrected chi connectivity index (χ1v) is 4.79. The number of hydrogen-bond acceptors (Lipinski definition) is 1. The van der Waals surface area contributed by atoms with Crippen LogP contribution in [0.5, 0.6) is 0 Å². The van der Waals surface area contributed by atoms with E-state index in [9.17, 15) is 9.50 Å². The summed E-state index contributed by atoms with van der Waals surface area (Å²) in [6.45, 7) is 3.88. The Morgan fingerprint density at radius 2 is 1.86 bits per heavy atom. The first-order valence-electron chi connectivity index (χ1n) is 4.79. The lowest BCUT2D eigenvalue weighted by atomic mass is 9.73. The third kappa shape index (κ3) is 1.46. The molecule has 2 heteroatoms. The van der Waals surface area contributed by atoms with Gasteiger partial charge in [-0.05, 0) is 42.5 Å². The zero-order chi connectivity index (χ0) is 10.2. The number of halogens is 1. The molecule has 74 valence electrons. The molecule has 1 N–H and O–H groups in total. The zero-order valence-electron chi connectivity index (χ0n) is 7.96. The second-order valence-electron chi connectivity index (χ2n) is 3.87. The highest BCUT2D eigenvalue weighted by Crippen LogP contribution is 2.41. The zero-order valence-corrected chi connectivity index (χ0v) is 7.96. The Bertz CT molecular complexity index is 349. The van der Waals surface area contributed by atoms with Gasteiger partial charge in [0, 0.05) is 0 Å². The van der Waals surface area contributed by atoms with E-state index in [4.69, 9.17) is 0 Å². The maximum atomic E-state index is 12.7. The summed E-state index contributed by atoms with van der Waals surface area (Å²) in [5.74, 6) is -0.262. The van der Waals surface area contributed by atoms with Gasteiger partial charge in [0.05, 0.1) is 5.60 Å². The third-order valence-corrected chi connectivity index (χ3v) is 2.94. The van der Waals surface area contributed by atoms with Crippen LogP contribution in [-0.4, -0.2) is 10.7 Å². The lowest BCUT2D eigenvalue weighted by Gasteiger charge is -2.38. The Hall–Kier alpha value is -1.15. The highest BCUT2D eigenvalue weighted by molar-refractivity contribution is 5.70. The molecule has 0 amide bonds. The van der Waals surface area contributed by atoms with Gasteiger partial charge in [-0.2, -0.15) is 0 Å². The largest absolute Gasteiger partial charge is 0.385 e. The van der Waals surface area contributed by atoms with E-state index in [0.717, 1.165) is 24.8 Å². The Morgan fingerprint density at radius 1 is 1.29 bits per heavy atom. The van der Waals surface area contributed by atoms with Crippen LogP contribution >= 0.6 is 0 Å². The number of hydrogen-bond donors (Lipinski definition) is 1. The molecule has 1 aliphatic rings. The van der Waals surface area contributed by atoms with Gasteiger partial charge >= 0.3 is 0 Å². The van der Waals surface area contributed by atoms with Crippen LogP contribution < -0.4 is 0 Å². The van der Waals surface area contributed by atoms with E-state index in [2.05, 4.69) is 6.58 Å². The molecule has 1 aromatic rings. The van der Waals surface area contributed by atoms with E-state index in [-0.39, 0.29) is 5.82 Å². The highest BCUT2D eigenvalue weighted by atomic mass is 19.1. The lowest BCUT2D eigenvalue weighted by molar-refractivity contribution is 0.0247. The first kappa shape index (κ1) is 9.41. The summed E-state index contributed by atoms with van der Waals surface area (Å²) in [5, 5.41) is 10.0. The topological polar surface area (TPSA) is 20.2 Å². The summed E-state index contributed by atoms with van der Waals surface area (Å²) in [6, 6.07) is 6.10. The van der Waals surface area contributed by atoms with Gasteiger partial charge < -0.3 is 5.11 Å². The lowest BCUT2D eigenvalue weighted by Crippen LogP contribution is -2.37. The quantitative estimate of drug-likeness (QED) is 0.763. The molecular formula is C12H13FO. The van der Waals surface area contributed by atoms with Crippen molar-refractivity contribution in [2.24, 2.45) is 0 Å². The molecule has 0 spiro atoms. The minimum atomic E-state index is -0.738. The second-order valence-corrected chi connectivity index (χ2v) is 3.87. The summed E-state index contributed by atoms with van der Waals surface area (Å²) in [4.78, 5) is 0. The normalized spacial score (nSPS) is 18.7. The van der Waals surface area contributed by atoms with Crippen LogP contribution in [0.3, 0.4) is 0 Å². The van der Waals surface area contributed by atoms with E-state index < -0.39 is 5.60 Å². The van der Waals surface area contributed by atoms with Crippen molar-refractivity contribution < 1.29 is 9.50 Å². The standard InChI is InChI=1S/C12H13FO/c1-9(12(14)7-2-8-12)10-3-5-11(13)6-4-10/h3-6,14H,1-2,7-8H2. The molecule has 1 aliphatic carbocycles. The number of aliphatic hydroxyl groups is 1. The van der Waals surface area contributed by atoms with Crippen LogP contribution in [0.15, 0.2) is 30.8 Å².